The van der Waals surface area contributed by atoms with E-state index in [-0.39, 0.29) is 12.5 Å². The average Bonchev–Trinajstić information content (AvgIpc) is 2.62. The molecule has 2 rings (SSSR count). The van der Waals surface area contributed by atoms with Gasteiger partial charge in [-0.25, -0.2) is 0 Å². The molecule has 1 aliphatic rings. The van der Waals surface area contributed by atoms with Crippen LogP contribution in [0.1, 0.15) is 25.3 Å². The summed E-state index contributed by atoms with van der Waals surface area (Å²) in [5.41, 5.74) is -0.977. The minimum absolute atomic E-state index is 0.118. The number of ether oxygens (including phenoxy) is 2. The van der Waals surface area contributed by atoms with Gasteiger partial charge in [-0.3, -0.25) is 9.59 Å². The number of aliphatic carboxylic acids is 1. The van der Waals surface area contributed by atoms with Crippen molar-refractivity contribution in [2.24, 2.45) is 11.8 Å². The number of halogens is 3. The van der Waals surface area contributed by atoms with Crippen LogP contribution in [-0.2, 0) is 20.5 Å². The zero-order valence-electron chi connectivity index (χ0n) is 14.8. The van der Waals surface area contributed by atoms with Crippen LogP contribution in [0.4, 0.5) is 13.2 Å². The third kappa shape index (κ3) is 5.85. The van der Waals surface area contributed by atoms with Gasteiger partial charge in [-0.15, -0.1) is 0 Å². The minimum Gasteiger partial charge on any atom is -0.481 e. The molecule has 2 atom stereocenters. The highest BCUT2D eigenvalue weighted by molar-refractivity contribution is 5.81. The SMILES string of the molecule is CC(Oc1ccccc1C(F)(F)F)C(=O)NCC(C(=O)O)C1CCOCC1. The molecule has 1 saturated heterocycles. The Morgan fingerprint density at radius 3 is 2.52 bits per heavy atom. The molecule has 0 saturated carbocycles. The van der Waals surface area contributed by atoms with E-state index in [1.807, 2.05) is 0 Å². The van der Waals surface area contributed by atoms with Crippen LogP contribution < -0.4 is 10.1 Å². The van der Waals surface area contributed by atoms with E-state index in [4.69, 9.17) is 9.47 Å². The molecular formula is C18H22F3NO5. The molecule has 2 N–H and O–H groups in total. The van der Waals surface area contributed by atoms with Gasteiger partial charge in [0, 0.05) is 19.8 Å². The predicted molar refractivity (Wildman–Crippen MR) is 89.2 cm³/mol. The summed E-state index contributed by atoms with van der Waals surface area (Å²) in [7, 11) is 0. The van der Waals surface area contributed by atoms with Crippen molar-refractivity contribution in [1.82, 2.24) is 5.32 Å². The van der Waals surface area contributed by atoms with E-state index < -0.39 is 41.4 Å². The topological polar surface area (TPSA) is 84.9 Å². The molecule has 0 radical (unpaired) electrons. The summed E-state index contributed by atoms with van der Waals surface area (Å²) in [6.07, 6.45) is -4.66. The van der Waals surface area contributed by atoms with E-state index >= 15 is 0 Å². The Labute approximate surface area is 154 Å². The van der Waals surface area contributed by atoms with Crippen molar-refractivity contribution in [2.45, 2.75) is 32.0 Å². The quantitative estimate of drug-likeness (QED) is 0.749. The van der Waals surface area contributed by atoms with Crippen molar-refractivity contribution in [3.63, 3.8) is 0 Å². The van der Waals surface area contributed by atoms with E-state index in [9.17, 15) is 27.9 Å². The van der Waals surface area contributed by atoms with Crippen molar-refractivity contribution in [2.75, 3.05) is 19.8 Å². The summed E-state index contributed by atoms with van der Waals surface area (Å²) in [5.74, 6) is -3.07. The second-order valence-electron chi connectivity index (χ2n) is 6.39. The molecule has 2 unspecified atom stereocenters. The number of nitrogens with one attached hydrogen (secondary N) is 1. The van der Waals surface area contributed by atoms with Crippen LogP contribution in [0.25, 0.3) is 0 Å². The molecule has 1 amide bonds. The Balaban J connectivity index is 1.96. The maximum atomic E-state index is 13.0. The van der Waals surface area contributed by atoms with Crippen LogP contribution in [-0.4, -0.2) is 42.8 Å². The minimum atomic E-state index is -4.61. The molecule has 1 aliphatic heterocycles. The van der Waals surface area contributed by atoms with Gasteiger partial charge in [0.25, 0.3) is 5.91 Å². The zero-order chi connectivity index (χ0) is 20.0. The highest BCUT2D eigenvalue weighted by Gasteiger charge is 2.35. The number of benzene rings is 1. The Bertz CT molecular complexity index is 659. The van der Waals surface area contributed by atoms with Crippen molar-refractivity contribution in [3.8, 4) is 5.75 Å². The lowest BCUT2D eigenvalue weighted by molar-refractivity contribution is -0.145. The molecule has 27 heavy (non-hydrogen) atoms. The van der Waals surface area contributed by atoms with Crippen LogP contribution in [0, 0.1) is 11.8 Å². The second-order valence-corrected chi connectivity index (χ2v) is 6.39. The molecule has 0 aromatic heterocycles. The van der Waals surface area contributed by atoms with Gasteiger partial charge >= 0.3 is 12.1 Å². The van der Waals surface area contributed by atoms with Crippen molar-refractivity contribution >= 4 is 11.9 Å². The molecule has 0 spiro atoms. The van der Waals surface area contributed by atoms with Crippen LogP contribution in [0.2, 0.25) is 0 Å². The molecule has 1 heterocycles. The standard InChI is InChI=1S/C18H22F3NO5/c1-11(27-15-5-3-2-4-14(15)18(19,20)21)16(23)22-10-13(17(24)25)12-6-8-26-9-7-12/h2-5,11-13H,6-10H2,1H3,(H,22,23)(H,24,25). The van der Waals surface area contributed by atoms with E-state index in [1.54, 1.807) is 0 Å². The van der Waals surface area contributed by atoms with Gasteiger partial charge in [-0.05, 0) is 37.8 Å². The highest BCUT2D eigenvalue weighted by atomic mass is 19.4. The van der Waals surface area contributed by atoms with Crippen LogP contribution >= 0.6 is 0 Å². The lowest BCUT2D eigenvalue weighted by atomic mass is 9.86. The van der Waals surface area contributed by atoms with Crippen molar-refractivity contribution in [1.29, 1.82) is 0 Å². The molecule has 1 fully saturated rings. The molecule has 0 bridgehead atoms. The molecule has 150 valence electrons. The van der Waals surface area contributed by atoms with Crippen LogP contribution in [0.5, 0.6) is 5.75 Å². The number of alkyl halides is 3. The predicted octanol–water partition coefficient (Wildman–Crippen LogP) is 2.72. The Morgan fingerprint density at radius 1 is 1.30 bits per heavy atom. The number of amides is 1. The number of carbonyl (C=O) groups is 2. The molecule has 1 aromatic rings. The van der Waals surface area contributed by atoms with Gasteiger partial charge in [0.05, 0.1) is 11.5 Å². The maximum Gasteiger partial charge on any atom is 0.419 e. The highest BCUT2D eigenvalue weighted by Crippen LogP contribution is 2.36. The first-order chi connectivity index (χ1) is 12.7. The summed E-state index contributed by atoms with van der Waals surface area (Å²) in [5, 5.41) is 11.9. The van der Waals surface area contributed by atoms with Gasteiger partial charge in [0.2, 0.25) is 0 Å². The summed E-state index contributed by atoms with van der Waals surface area (Å²) >= 11 is 0. The molecule has 9 heteroatoms. The number of carboxylic acids is 1. The monoisotopic (exact) mass is 389 g/mol. The number of hydrogen-bond donors (Lipinski definition) is 2. The van der Waals surface area contributed by atoms with E-state index in [0.717, 1.165) is 12.1 Å². The summed E-state index contributed by atoms with van der Waals surface area (Å²) < 4.78 is 49.4. The lowest BCUT2D eigenvalue weighted by Gasteiger charge is -2.28. The fourth-order valence-electron chi connectivity index (χ4n) is 2.98. The maximum absolute atomic E-state index is 13.0. The van der Waals surface area contributed by atoms with Crippen molar-refractivity contribution < 1.29 is 37.3 Å². The Hall–Kier alpha value is -2.29. The summed E-state index contributed by atoms with van der Waals surface area (Å²) in [6, 6.07) is 4.60. The van der Waals surface area contributed by atoms with Gasteiger partial charge < -0.3 is 19.9 Å². The number of hydrogen-bond acceptors (Lipinski definition) is 4. The van der Waals surface area contributed by atoms with Gasteiger partial charge in [0.15, 0.2) is 6.10 Å². The third-order valence-corrected chi connectivity index (χ3v) is 4.51. The molecular weight excluding hydrogens is 367 g/mol. The lowest BCUT2D eigenvalue weighted by Crippen LogP contribution is -2.43. The number of rotatable bonds is 7. The van der Waals surface area contributed by atoms with Crippen LogP contribution in [0.3, 0.4) is 0 Å². The third-order valence-electron chi connectivity index (χ3n) is 4.51. The Morgan fingerprint density at radius 2 is 1.93 bits per heavy atom. The summed E-state index contributed by atoms with van der Waals surface area (Å²) in [4.78, 5) is 23.7. The molecule has 6 nitrogen and oxygen atoms in total. The average molecular weight is 389 g/mol. The normalized spacial score (nSPS) is 17.8. The van der Waals surface area contributed by atoms with E-state index in [0.29, 0.717) is 26.1 Å². The largest absolute Gasteiger partial charge is 0.481 e. The van der Waals surface area contributed by atoms with E-state index in [1.165, 1.54) is 19.1 Å². The Kier molecular flexibility index (Phi) is 7.06. The van der Waals surface area contributed by atoms with Gasteiger partial charge in [-0.1, -0.05) is 12.1 Å². The fourth-order valence-corrected chi connectivity index (χ4v) is 2.98. The number of carbonyl (C=O) groups excluding carboxylic acids is 1. The number of carboxylic acid groups (broad SMARTS) is 1. The number of para-hydroxylation sites is 1. The molecule has 1 aromatic carbocycles. The fraction of sp³-hybridized carbons (Fsp3) is 0.556. The van der Waals surface area contributed by atoms with Gasteiger partial charge in [-0.2, -0.15) is 13.2 Å². The first-order valence-corrected chi connectivity index (χ1v) is 8.61. The first kappa shape index (κ1) is 21.0. The smallest absolute Gasteiger partial charge is 0.419 e. The van der Waals surface area contributed by atoms with Crippen LogP contribution in [0.15, 0.2) is 24.3 Å². The molecule has 0 aliphatic carbocycles. The van der Waals surface area contributed by atoms with Crippen molar-refractivity contribution in [3.05, 3.63) is 29.8 Å². The first-order valence-electron chi connectivity index (χ1n) is 8.61. The van der Waals surface area contributed by atoms with E-state index in [2.05, 4.69) is 5.32 Å². The second kappa shape index (κ2) is 9.07. The zero-order valence-corrected chi connectivity index (χ0v) is 14.8. The van der Waals surface area contributed by atoms with Gasteiger partial charge in [0.1, 0.15) is 5.75 Å². The summed E-state index contributed by atoms with van der Waals surface area (Å²) in [6.45, 7) is 2.13.